The number of carbonyl (C=O) groups excluding carboxylic acids is 3. The summed E-state index contributed by atoms with van der Waals surface area (Å²) >= 11 is 6.07. The van der Waals surface area contributed by atoms with Gasteiger partial charge in [0.25, 0.3) is 5.91 Å². The van der Waals surface area contributed by atoms with Gasteiger partial charge in [-0.15, -0.1) is 0 Å². The van der Waals surface area contributed by atoms with Crippen LogP contribution in [0.25, 0.3) is 10.9 Å². The molecule has 0 unspecified atom stereocenters. The smallest absolute Gasteiger partial charge is 0.325 e. The average molecular weight is 411 g/mol. The van der Waals surface area contributed by atoms with Gasteiger partial charge in [0.2, 0.25) is 5.91 Å². The third-order valence-electron chi connectivity index (χ3n) is 4.94. The lowest BCUT2D eigenvalue weighted by atomic mass is 10.1. The molecule has 2 aromatic carbocycles. The second-order valence-electron chi connectivity index (χ2n) is 6.86. The van der Waals surface area contributed by atoms with Crippen molar-refractivity contribution in [3.8, 4) is 0 Å². The summed E-state index contributed by atoms with van der Waals surface area (Å²) in [4.78, 5) is 41.3. The van der Waals surface area contributed by atoms with E-state index in [1.807, 2.05) is 36.5 Å². The van der Waals surface area contributed by atoms with Crippen molar-refractivity contribution >= 4 is 40.3 Å². The van der Waals surface area contributed by atoms with E-state index in [1.165, 1.54) is 0 Å². The lowest BCUT2D eigenvalue weighted by Gasteiger charge is -2.13. The summed E-state index contributed by atoms with van der Waals surface area (Å²) in [5, 5.41) is 6.91. The van der Waals surface area contributed by atoms with Gasteiger partial charge >= 0.3 is 6.03 Å². The number of urea groups is 1. The zero-order valence-corrected chi connectivity index (χ0v) is 16.2. The molecular weight excluding hydrogens is 392 g/mol. The molecule has 29 heavy (non-hydrogen) atoms. The number of rotatable bonds is 6. The number of fused-ring (bicyclic) bond motifs is 1. The van der Waals surface area contributed by atoms with Crippen molar-refractivity contribution in [3.05, 3.63) is 70.9 Å². The predicted octanol–water partition coefficient (Wildman–Crippen LogP) is 2.60. The standard InChI is InChI=1S/C21H19ClN4O3/c22-16-7-3-1-5-13(16)10-24-19(27)12-26-20(28)18(25-21(26)29)9-14-11-23-17-8-4-2-6-15(14)17/h1-8,11,18,23H,9-10,12H2,(H,24,27)(H,25,29)/t18-/m0/s1. The third-order valence-corrected chi connectivity index (χ3v) is 5.31. The number of imide groups is 1. The fraction of sp³-hybridized carbons (Fsp3) is 0.190. The molecule has 1 aliphatic heterocycles. The number of hydrogen-bond acceptors (Lipinski definition) is 3. The van der Waals surface area contributed by atoms with E-state index in [0.29, 0.717) is 11.4 Å². The zero-order valence-electron chi connectivity index (χ0n) is 15.4. The molecule has 4 amide bonds. The molecule has 1 fully saturated rings. The number of amides is 4. The van der Waals surface area contributed by atoms with Gasteiger partial charge in [0.05, 0.1) is 0 Å². The van der Waals surface area contributed by atoms with Crippen molar-refractivity contribution in [2.75, 3.05) is 6.54 Å². The van der Waals surface area contributed by atoms with E-state index >= 15 is 0 Å². The Morgan fingerprint density at radius 2 is 1.83 bits per heavy atom. The molecule has 4 rings (SSSR count). The van der Waals surface area contributed by atoms with Crippen LogP contribution >= 0.6 is 11.6 Å². The Kier molecular flexibility index (Phi) is 5.22. The molecule has 148 valence electrons. The summed E-state index contributed by atoms with van der Waals surface area (Å²) in [7, 11) is 0. The summed E-state index contributed by atoms with van der Waals surface area (Å²) in [6, 6.07) is 13.6. The molecule has 1 aliphatic rings. The van der Waals surface area contributed by atoms with Gasteiger partial charge in [0, 0.05) is 35.1 Å². The van der Waals surface area contributed by atoms with Crippen molar-refractivity contribution < 1.29 is 14.4 Å². The summed E-state index contributed by atoms with van der Waals surface area (Å²) in [6.07, 6.45) is 2.19. The number of aromatic nitrogens is 1. The van der Waals surface area contributed by atoms with E-state index in [1.54, 1.807) is 18.2 Å². The molecule has 0 aliphatic carbocycles. The lowest BCUT2D eigenvalue weighted by molar-refractivity contribution is -0.132. The third kappa shape index (κ3) is 3.95. The van der Waals surface area contributed by atoms with Gasteiger partial charge in [-0.2, -0.15) is 0 Å². The fourth-order valence-corrected chi connectivity index (χ4v) is 3.62. The summed E-state index contributed by atoms with van der Waals surface area (Å²) < 4.78 is 0. The second kappa shape index (κ2) is 7.97. The van der Waals surface area contributed by atoms with Crippen molar-refractivity contribution in [1.29, 1.82) is 0 Å². The van der Waals surface area contributed by atoms with Gasteiger partial charge in [0.1, 0.15) is 12.6 Å². The van der Waals surface area contributed by atoms with Crippen molar-refractivity contribution in [2.45, 2.75) is 19.0 Å². The average Bonchev–Trinajstić information content (AvgIpc) is 3.24. The monoisotopic (exact) mass is 410 g/mol. The Balaban J connectivity index is 1.38. The van der Waals surface area contributed by atoms with E-state index in [4.69, 9.17) is 11.6 Å². The number of H-pyrrole nitrogens is 1. The number of aromatic amines is 1. The first-order valence-corrected chi connectivity index (χ1v) is 9.57. The van der Waals surface area contributed by atoms with Gasteiger partial charge in [-0.25, -0.2) is 4.79 Å². The van der Waals surface area contributed by atoms with E-state index in [0.717, 1.165) is 26.9 Å². The van der Waals surface area contributed by atoms with Crippen LogP contribution < -0.4 is 10.6 Å². The molecule has 1 atom stereocenters. The molecule has 0 spiro atoms. The van der Waals surface area contributed by atoms with Crippen LogP contribution in [0.1, 0.15) is 11.1 Å². The Labute approximate surface area is 172 Å². The summed E-state index contributed by atoms with van der Waals surface area (Å²) in [5.74, 6) is -0.839. The van der Waals surface area contributed by atoms with Crippen LogP contribution in [-0.2, 0) is 22.6 Å². The molecule has 2 heterocycles. The number of carbonyl (C=O) groups is 3. The van der Waals surface area contributed by atoms with Gasteiger partial charge in [-0.05, 0) is 23.3 Å². The highest BCUT2D eigenvalue weighted by molar-refractivity contribution is 6.31. The topological polar surface area (TPSA) is 94.3 Å². The van der Waals surface area contributed by atoms with Crippen molar-refractivity contribution in [1.82, 2.24) is 20.5 Å². The molecule has 3 N–H and O–H groups in total. The molecule has 0 saturated carbocycles. The van der Waals surface area contributed by atoms with Gasteiger partial charge in [-0.1, -0.05) is 48.0 Å². The van der Waals surface area contributed by atoms with Crippen LogP contribution in [0.5, 0.6) is 0 Å². The Morgan fingerprint density at radius 3 is 2.66 bits per heavy atom. The van der Waals surface area contributed by atoms with Crippen LogP contribution in [0.2, 0.25) is 5.02 Å². The normalized spacial score (nSPS) is 16.3. The van der Waals surface area contributed by atoms with Crippen LogP contribution in [-0.4, -0.2) is 40.3 Å². The minimum absolute atomic E-state index is 0.223. The first-order valence-electron chi connectivity index (χ1n) is 9.20. The van der Waals surface area contributed by atoms with Crippen LogP contribution in [0.3, 0.4) is 0 Å². The van der Waals surface area contributed by atoms with Gasteiger partial charge in [0.15, 0.2) is 0 Å². The molecule has 7 nitrogen and oxygen atoms in total. The summed E-state index contributed by atoms with van der Waals surface area (Å²) in [6.45, 7) is -0.111. The number of hydrogen-bond donors (Lipinski definition) is 3. The number of halogens is 1. The Morgan fingerprint density at radius 1 is 1.07 bits per heavy atom. The van der Waals surface area contributed by atoms with E-state index in [-0.39, 0.29) is 13.1 Å². The maximum Gasteiger partial charge on any atom is 0.325 e. The predicted molar refractivity (Wildman–Crippen MR) is 109 cm³/mol. The molecule has 8 heteroatoms. The van der Waals surface area contributed by atoms with Gasteiger partial charge < -0.3 is 15.6 Å². The number of nitrogens with one attached hydrogen (secondary N) is 3. The SMILES string of the molecule is O=C(CN1C(=O)N[C@@H](Cc2c[nH]c3ccccc23)C1=O)NCc1ccccc1Cl. The van der Waals surface area contributed by atoms with E-state index in [9.17, 15) is 14.4 Å². The van der Waals surface area contributed by atoms with Crippen LogP contribution in [0.15, 0.2) is 54.7 Å². The number of para-hydroxylation sites is 1. The number of nitrogens with zero attached hydrogens (tertiary/aromatic N) is 1. The van der Waals surface area contributed by atoms with E-state index in [2.05, 4.69) is 15.6 Å². The fourth-order valence-electron chi connectivity index (χ4n) is 3.42. The van der Waals surface area contributed by atoms with Crippen LogP contribution in [0, 0.1) is 0 Å². The van der Waals surface area contributed by atoms with E-state index < -0.39 is 23.9 Å². The highest BCUT2D eigenvalue weighted by Crippen LogP contribution is 2.21. The maximum absolute atomic E-state index is 12.7. The zero-order chi connectivity index (χ0) is 20.4. The molecule has 0 bridgehead atoms. The molecule has 3 aromatic rings. The quantitative estimate of drug-likeness (QED) is 0.545. The maximum atomic E-state index is 12.7. The van der Waals surface area contributed by atoms with Crippen LogP contribution in [0.4, 0.5) is 4.79 Å². The highest BCUT2D eigenvalue weighted by Gasteiger charge is 2.39. The number of benzene rings is 2. The van der Waals surface area contributed by atoms with Crippen molar-refractivity contribution in [3.63, 3.8) is 0 Å². The molecule has 1 saturated heterocycles. The molecule has 1 aromatic heterocycles. The lowest BCUT2D eigenvalue weighted by Crippen LogP contribution is -2.41. The van der Waals surface area contributed by atoms with Gasteiger partial charge in [-0.3, -0.25) is 14.5 Å². The highest BCUT2D eigenvalue weighted by atomic mass is 35.5. The minimum atomic E-state index is -0.696. The molecule has 0 radical (unpaired) electrons. The Hall–Kier alpha value is -3.32. The Bertz CT molecular complexity index is 1090. The van der Waals surface area contributed by atoms with Crippen molar-refractivity contribution in [2.24, 2.45) is 0 Å². The second-order valence-corrected chi connectivity index (χ2v) is 7.27. The molecular formula is C21H19ClN4O3. The summed E-state index contributed by atoms with van der Waals surface area (Å²) in [5.41, 5.74) is 2.66. The largest absolute Gasteiger partial charge is 0.361 e. The first kappa shape index (κ1) is 19.0. The minimum Gasteiger partial charge on any atom is -0.361 e. The first-order chi connectivity index (χ1) is 14.0.